The van der Waals surface area contributed by atoms with Crippen LogP contribution in [0.5, 0.6) is 0 Å². The number of aromatic nitrogens is 2. The first-order valence-corrected chi connectivity index (χ1v) is 17.2. The average molecular weight is 503 g/mol. The maximum Gasteiger partial charge on any atom is 0.330 e. The molecule has 1 aromatic rings. The summed E-state index contributed by atoms with van der Waals surface area (Å²) < 4.78 is 21.0. The number of aromatic amines is 1. The van der Waals surface area contributed by atoms with E-state index in [2.05, 4.69) is 72.7 Å². The summed E-state index contributed by atoms with van der Waals surface area (Å²) in [6.07, 6.45) is -1.27. The molecule has 1 saturated heterocycles. The molecule has 3 N–H and O–H groups in total. The summed E-state index contributed by atoms with van der Waals surface area (Å²) in [6.45, 7) is 19.9. The molecule has 33 heavy (non-hydrogen) atoms. The van der Waals surface area contributed by atoms with Crippen LogP contribution in [0.1, 0.15) is 47.8 Å². The average Bonchev–Trinajstić information content (AvgIpc) is 2.93. The Morgan fingerprint density at radius 2 is 1.48 bits per heavy atom. The van der Waals surface area contributed by atoms with Gasteiger partial charge in [0, 0.05) is 12.3 Å². The molecule has 9 nitrogen and oxygen atoms in total. The fraction of sp³-hybridized carbons (Fsp3) is 0.818. The zero-order chi connectivity index (χ0) is 25.6. The number of hydrogen-bond donors (Lipinski definition) is 3. The van der Waals surface area contributed by atoms with Gasteiger partial charge in [0.05, 0.1) is 13.2 Å². The molecular weight excluding hydrogens is 460 g/mol. The lowest BCUT2D eigenvalue weighted by Crippen LogP contribution is -2.59. The second kappa shape index (κ2) is 9.17. The Hall–Kier alpha value is -1.09. The van der Waals surface area contributed by atoms with Crippen LogP contribution in [0.25, 0.3) is 0 Å². The largest absolute Gasteiger partial charge is 0.408 e. The first-order valence-electron chi connectivity index (χ1n) is 11.4. The van der Waals surface area contributed by atoms with E-state index in [1.807, 2.05) is 0 Å². The monoisotopic (exact) mass is 502 g/mol. The van der Waals surface area contributed by atoms with Crippen LogP contribution in [0.2, 0.25) is 36.3 Å². The van der Waals surface area contributed by atoms with Gasteiger partial charge in [-0.2, -0.15) is 0 Å². The fourth-order valence-electron chi connectivity index (χ4n) is 3.28. The van der Waals surface area contributed by atoms with Crippen molar-refractivity contribution in [1.82, 2.24) is 9.55 Å². The quantitative estimate of drug-likeness (QED) is 0.490. The normalized spacial score (nSPS) is 24.3. The van der Waals surface area contributed by atoms with Gasteiger partial charge < -0.3 is 23.8 Å². The lowest BCUT2D eigenvalue weighted by atomic mass is 9.97. The van der Waals surface area contributed by atoms with Crippen LogP contribution in [0.4, 0.5) is 0 Å². The van der Waals surface area contributed by atoms with Crippen molar-refractivity contribution in [1.29, 1.82) is 0 Å². The van der Waals surface area contributed by atoms with Gasteiger partial charge in [-0.15, -0.1) is 0 Å². The molecule has 0 spiro atoms. The summed E-state index contributed by atoms with van der Waals surface area (Å²) in [6, 6.07) is 1.23. The third kappa shape index (κ3) is 5.44. The minimum Gasteiger partial charge on any atom is -0.408 e. The van der Waals surface area contributed by atoms with E-state index in [1.54, 1.807) is 0 Å². The maximum atomic E-state index is 12.7. The molecule has 190 valence electrons. The van der Waals surface area contributed by atoms with Crippen molar-refractivity contribution in [3.63, 3.8) is 0 Å². The van der Waals surface area contributed by atoms with E-state index in [-0.39, 0.29) is 10.1 Å². The van der Waals surface area contributed by atoms with E-state index in [9.17, 15) is 19.8 Å². The molecule has 2 rings (SSSR count). The molecule has 0 aliphatic carbocycles. The van der Waals surface area contributed by atoms with E-state index < -0.39 is 65.1 Å². The molecule has 1 aliphatic rings. The minimum atomic E-state index is -2.42. The van der Waals surface area contributed by atoms with E-state index in [0.29, 0.717) is 0 Å². The molecule has 0 aromatic carbocycles. The molecule has 0 radical (unpaired) electrons. The fourth-order valence-corrected chi connectivity index (χ4v) is 5.89. The van der Waals surface area contributed by atoms with Gasteiger partial charge >= 0.3 is 5.69 Å². The number of rotatable bonds is 7. The second-order valence-corrected chi connectivity index (χ2v) is 21.6. The highest BCUT2D eigenvalue weighted by Gasteiger charge is 2.61. The maximum absolute atomic E-state index is 12.7. The van der Waals surface area contributed by atoms with E-state index in [4.69, 9.17) is 13.6 Å². The highest BCUT2D eigenvalue weighted by molar-refractivity contribution is 6.74. The van der Waals surface area contributed by atoms with Crippen molar-refractivity contribution in [3.8, 4) is 0 Å². The number of aliphatic hydroxyl groups excluding tert-OH is 2. The van der Waals surface area contributed by atoms with Crippen LogP contribution in [0.15, 0.2) is 21.9 Å². The number of aliphatic hydroxyl groups is 2. The molecule has 0 saturated carbocycles. The standard InChI is InChI=1S/C22H42N2O7Si2/c1-20(2,3)32(7,8)30-16-17(31-33(9,10)21(4,5)6)22(13-25,14-26)29-18(16)24-12-11-15(27)23-19(24)28/h11-12,16-18,25-26H,13-14H2,1-10H3,(H,23,27,28)/t16-,17-,18-/m1/s1. The molecular formula is C22H42N2O7Si2. The number of H-pyrrole nitrogens is 1. The summed E-state index contributed by atoms with van der Waals surface area (Å²) in [5.41, 5.74) is -2.67. The van der Waals surface area contributed by atoms with E-state index in [1.165, 1.54) is 16.8 Å². The van der Waals surface area contributed by atoms with Crippen LogP contribution in [-0.4, -0.2) is 67.4 Å². The first-order chi connectivity index (χ1) is 14.8. The zero-order valence-electron chi connectivity index (χ0n) is 21.7. The predicted molar refractivity (Wildman–Crippen MR) is 132 cm³/mol. The predicted octanol–water partition coefficient (Wildman–Crippen LogP) is 2.57. The molecule has 0 unspecified atom stereocenters. The molecule has 0 amide bonds. The van der Waals surface area contributed by atoms with Gasteiger partial charge in [-0.05, 0) is 36.3 Å². The first kappa shape index (κ1) is 28.2. The van der Waals surface area contributed by atoms with E-state index in [0.717, 1.165) is 0 Å². The Morgan fingerprint density at radius 1 is 1.00 bits per heavy atom. The van der Waals surface area contributed by atoms with Crippen LogP contribution in [0, 0.1) is 0 Å². The van der Waals surface area contributed by atoms with E-state index >= 15 is 0 Å². The number of hydrogen-bond acceptors (Lipinski definition) is 7. The summed E-state index contributed by atoms with van der Waals surface area (Å²) in [4.78, 5) is 26.6. The van der Waals surface area contributed by atoms with Gasteiger partial charge in [-0.25, -0.2) is 4.79 Å². The smallest absolute Gasteiger partial charge is 0.330 e. The van der Waals surface area contributed by atoms with Gasteiger partial charge in [0.2, 0.25) is 0 Å². The summed E-state index contributed by atoms with van der Waals surface area (Å²) in [5, 5.41) is 20.5. The van der Waals surface area contributed by atoms with Crippen molar-refractivity contribution < 1.29 is 23.8 Å². The van der Waals surface area contributed by atoms with Crippen LogP contribution in [0.3, 0.4) is 0 Å². The third-order valence-electron chi connectivity index (χ3n) is 7.58. The minimum absolute atomic E-state index is 0.154. The van der Waals surface area contributed by atoms with Crippen LogP contribution < -0.4 is 11.2 Å². The summed E-state index contributed by atoms with van der Waals surface area (Å²) in [7, 11) is -4.84. The molecule has 2 heterocycles. The van der Waals surface area contributed by atoms with Crippen LogP contribution in [-0.2, 0) is 13.6 Å². The Kier molecular flexibility index (Phi) is 7.83. The van der Waals surface area contributed by atoms with Gasteiger partial charge in [-0.1, -0.05) is 41.5 Å². The number of nitrogens with zero attached hydrogens (tertiary/aromatic N) is 1. The number of ether oxygens (including phenoxy) is 1. The zero-order valence-corrected chi connectivity index (χ0v) is 23.7. The van der Waals surface area contributed by atoms with Crippen molar-refractivity contribution in [2.24, 2.45) is 0 Å². The number of nitrogens with one attached hydrogen (secondary N) is 1. The molecule has 3 atom stereocenters. The SMILES string of the molecule is CC(C)(C)[Si](C)(C)O[C@H]1[C@H](n2ccc(=O)[nH]c2=O)OC(CO)(CO)[C@@H]1O[Si](C)(C)C(C)(C)C. The Morgan fingerprint density at radius 3 is 1.91 bits per heavy atom. The Balaban J connectivity index is 2.71. The summed E-state index contributed by atoms with van der Waals surface area (Å²) in [5.74, 6) is 0. The van der Waals surface area contributed by atoms with Crippen LogP contribution >= 0.6 is 0 Å². The molecule has 11 heteroatoms. The lowest BCUT2D eigenvalue weighted by Gasteiger charge is -2.45. The molecule has 0 bridgehead atoms. The summed E-state index contributed by atoms with van der Waals surface area (Å²) >= 11 is 0. The molecule has 1 fully saturated rings. The molecule has 1 aliphatic heterocycles. The lowest BCUT2D eigenvalue weighted by molar-refractivity contribution is -0.148. The van der Waals surface area contributed by atoms with Gasteiger partial charge in [0.15, 0.2) is 22.9 Å². The third-order valence-corrected chi connectivity index (χ3v) is 16.5. The van der Waals surface area contributed by atoms with Gasteiger partial charge in [0.25, 0.3) is 5.56 Å². The second-order valence-electron chi connectivity index (χ2n) is 12.0. The molecule has 1 aromatic heterocycles. The van der Waals surface area contributed by atoms with Crippen molar-refractivity contribution in [2.45, 2.75) is 102 Å². The van der Waals surface area contributed by atoms with Crippen molar-refractivity contribution >= 4 is 16.6 Å². The Bertz CT molecular complexity index is 940. The van der Waals surface area contributed by atoms with Gasteiger partial charge in [0.1, 0.15) is 17.8 Å². The highest BCUT2D eigenvalue weighted by atomic mass is 28.4. The highest BCUT2D eigenvalue weighted by Crippen LogP contribution is 2.48. The van der Waals surface area contributed by atoms with Gasteiger partial charge in [-0.3, -0.25) is 14.3 Å². The van der Waals surface area contributed by atoms with Crippen molar-refractivity contribution in [2.75, 3.05) is 13.2 Å². The van der Waals surface area contributed by atoms with Crippen molar-refractivity contribution in [3.05, 3.63) is 33.1 Å². The topological polar surface area (TPSA) is 123 Å². The Labute approximate surface area is 198 Å².